The summed E-state index contributed by atoms with van der Waals surface area (Å²) in [6.45, 7) is 3.75. The summed E-state index contributed by atoms with van der Waals surface area (Å²) in [7, 11) is 0. The van der Waals surface area contributed by atoms with Crippen molar-refractivity contribution in [2.75, 3.05) is 0 Å². The summed E-state index contributed by atoms with van der Waals surface area (Å²) >= 11 is 5.67. The van der Waals surface area contributed by atoms with Crippen molar-refractivity contribution in [1.29, 1.82) is 0 Å². The molecule has 0 aliphatic carbocycles. The minimum absolute atomic E-state index is 0.00727. The van der Waals surface area contributed by atoms with Crippen LogP contribution in [0.25, 0.3) is 0 Å². The maximum Gasteiger partial charge on any atom is 0.416 e. The Bertz CT molecular complexity index is 503. The van der Waals surface area contributed by atoms with Gasteiger partial charge in [-0.1, -0.05) is 25.4 Å². The van der Waals surface area contributed by atoms with E-state index in [-0.39, 0.29) is 17.5 Å². The van der Waals surface area contributed by atoms with Crippen LogP contribution in [0.3, 0.4) is 0 Å². The first-order valence-electron chi connectivity index (χ1n) is 6.42. The summed E-state index contributed by atoms with van der Waals surface area (Å²) in [6.07, 6.45) is -4.09. The van der Waals surface area contributed by atoms with E-state index in [2.05, 4.69) is 5.32 Å². The first-order valence-corrected chi connectivity index (χ1v) is 6.80. The van der Waals surface area contributed by atoms with E-state index in [1.165, 1.54) is 6.07 Å². The Morgan fingerprint density at radius 1 is 1.33 bits per heavy atom. The second-order valence-corrected chi connectivity index (χ2v) is 5.68. The van der Waals surface area contributed by atoms with Crippen LogP contribution < -0.4 is 5.32 Å². The molecule has 118 valence electrons. The van der Waals surface area contributed by atoms with Crippen molar-refractivity contribution in [1.82, 2.24) is 5.32 Å². The molecular weight excluding hydrogens is 307 g/mol. The second kappa shape index (κ2) is 7.13. The van der Waals surface area contributed by atoms with Gasteiger partial charge in [-0.25, -0.2) is 0 Å². The Labute approximate surface area is 126 Å². The molecule has 7 heteroatoms. The number of aliphatic carboxylic acids is 1. The number of rotatable bonds is 6. The number of carboxylic acids is 1. The maximum absolute atomic E-state index is 12.7. The molecule has 0 fully saturated rings. The van der Waals surface area contributed by atoms with Crippen molar-refractivity contribution in [2.24, 2.45) is 5.92 Å². The van der Waals surface area contributed by atoms with Crippen LogP contribution in [-0.4, -0.2) is 17.1 Å². The van der Waals surface area contributed by atoms with Crippen molar-refractivity contribution < 1.29 is 23.1 Å². The molecule has 1 rings (SSSR count). The number of hydrogen-bond acceptors (Lipinski definition) is 2. The summed E-state index contributed by atoms with van der Waals surface area (Å²) < 4.78 is 38.0. The van der Waals surface area contributed by atoms with E-state index >= 15 is 0 Å². The zero-order valence-corrected chi connectivity index (χ0v) is 12.4. The number of hydrogen-bond donors (Lipinski definition) is 2. The van der Waals surface area contributed by atoms with Gasteiger partial charge in [0, 0.05) is 11.6 Å². The number of halogens is 4. The fraction of sp³-hybridized carbons (Fsp3) is 0.500. The SMILES string of the molecule is CC(C)CC(NCc1cc(Cl)cc(C(F)(F)F)c1)C(=O)O. The van der Waals surface area contributed by atoms with E-state index in [4.69, 9.17) is 16.7 Å². The fourth-order valence-corrected chi connectivity index (χ4v) is 2.16. The van der Waals surface area contributed by atoms with Gasteiger partial charge >= 0.3 is 12.1 Å². The van der Waals surface area contributed by atoms with Crippen LogP contribution in [0.5, 0.6) is 0 Å². The van der Waals surface area contributed by atoms with Crippen LogP contribution in [0.4, 0.5) is 13.2 Å². The number of carboxylic acid groups (broad SMARTS) is 1. The molecular formula is C14H17ClF3NO2. The molecule has 1 atom stereocenters. The minimum Gasteiger partial charge on any atom is -0.480 e. The highest BCUT2D eigenvalue weighted by atomic mass is 35.5. The smallest absolute Gasteiger partial charge is 0.416 e. The van der Waals surface area contributed by atoms with Crippen LogP contribution in [0.15, 0.2) is 18.2 Å². The van der Waals surface area contributed by atoms with Crippen LogP contribution in [0, 0.1) is 5.92 Å². The number of carbonyl (C=O) groups is 1. The van der Waals surface area contributed by atoms with Crippen molar-refractivity contribution in [3.05, 3.63) is 34.3 Å². The van der Waals surface area contributed by atoms with E-state index < -0.39 is 23.8 Å². The Kier molecular flexibility index (Phi) is 6.04. The molecule has 0 saturated heterocycles. The Morgan fingerprint density at radius 3 is 2.43 bits per heavy atom. The average Bonchev–Trinajstić information content (AvgIpc) is 2.32. The van der Waals surface area contributed by atoms with Crippen LogP contribution in [0.2, 0.25) is 5.02 Å². The molecule has 1 unspecified atom stereocenters. The van der Waals surface area contributed by atoms with E-state index in [0.29, 0.717) is 12.0 Å². The highest BCUT2D eigenvalue weighted by Crippen LogP contribution is 2.31. The van der Waals surface area contributed by atoms with Crippen molar-refractivity contribution >= 4 is 17.6 Å². The summed E-state index contributed by atoms with van der Waals surface area (Å²) in [4.78, 5) is 11.1. The van der Waals surface area contributed by atoms with Gasteiger partial charge in [0.25, 0.3) is 0 Å². The van der Waals surface area contributed by atoms with Gasteiger partial charge in [-0.05, 0) is 36.1 Å². The van der Waals surface area contributed by atoms with Crippen LogP contribution in [0.1, 0.15) is 31.4 Å². The zero-order chi connectivity index (χ0) is 16.2. The van der Waals surface area contributed by atoms with E-state index in [1.807, 2.05) is 13.8 Å². The molecule has 2 N–H and O–H groups in total. The number of benzene rings is 1. The minimum atomic E-state index is -4.48. The summed E-state index contributed by atoms with van der Waals surface area (Å²) in [5, 5.41) is 11.8. The highest BCUT2D eigenvalue weighted by Gasteiger charge is 2.31. The zero-order valence-electron chi connectivity index (χ0n) is 11.7. The summed E-state index contributed by atoms with van der Waals surface area (Å²) in [6, 6.07) is 2.39. The highest BCUT2D eigenvalue weighted by molar-refractivity contribution is 6.30. The van der Waals surface area contributed by atoms with Gasteiger partial charge in [-0.2, -0.15) is 13.2 Å². The number of alkyl halides is 3. The van der Waals surface area contributed by atoms with Gasteiger partial charge in [0.15, 0.2) is 0 Å². The fourth-order valence-electron chi connectivity index (χ4n) is 1.90. The van der Waals surface area contributed by atoms with Crippen molar-refractivity contribution in [2.45, 2.75) is 39.0 Å². The molecule has 0 bridgehead atoms. The molecule has 0 radical (unpaired) electrons. The molecule has 0 saturated carbocycles. The Balaban J connectivity index is 2.83. The summed E-state index contributed by atoms with van der Waals surface area (Å²) in [5.41, 5.74) is -0.549. The van der Waals surface area contributed by atoms with Crippen molar-refractivity contribution in [3.63, 3.8) is 0 Å². The maximum atomic E-state index is 12.7. The lowest BCUT2D eigenvalue weighted by molar-refractivity contribution is -0.140. The van der Waals surface area contributed by atoms with Gasteiger partial charge < -0.3 is 10.4 Å². The Morgan fingerprint density at radius 2 is 1.95 bits per heavy atom. The quantitative estimate of drug-likeness (QED) is 0.833. The lowest BCUT2D eigenvalue weighted by atomic mass is 10.0. The average molecular weight is 324 g/mol. The molecule has 1 aromatic rings. The standard InChI is InChI=1S/C14H17ClF3NO2/c1-8(2)3-12(13(20)21)19-7-9-4-10(14(16,17)18)6-11(15)5-9/h4-6,8,12,19H,3,7H2,1-2H3,(H,20,21). The molecule has 0 amide bonds. The predicted molar refractivity (Wildman–Crippen MR) is 74.2 cm³/mol. The molecule has 21 heavy (non-hydrogen) atoms. The van der Waals surface area contributed by atoms with Gasteiger partial charge in [0.05, 0.1) is 5.56 Å². The van der Waals surface area contributed by atoms with Crippen LogP contribution >= 0.6 is 11.6 Å². The normalized spacial score (nSPS) is 13.5. The van der Waals surface area contributed by atoms with Crippen molar-refractivity contribution in [3.8, 4) is 0 Å². The van der Waals surface area contributed by atoms with Gasteiger partial charge in [-0.3, -0.25) is 4.79 Å². The summed E-state index contributed by atoms with van der Waals surface area (Å²) in [5.74, 6) is -0.870. The topological polar surface area (TPSA) is 49.3 Å². The largest absolute Gasteiger partial charge is 0.480 e. The molecule has 0 aromatic heterocycles. The Hall–Kier alpha value is -1.27. The van der Waals surface area contributed by atoms with Gasteiger partial charge in [0.2, 0.25) is 0 Å². The number of nitrogens with one attached hydrogen (secondary N) is 1. The lowest BCUT2D eigenvalue weighted by Crippen LogP contribution is -2.37. The van der Waals surface area contributed by atoms with Gasteiger partial charge in [-0.15, -0.1) is 0 Å². The van der Waals surface area contributed by atoms with Gasteiger partial charge in [0.1, 0.15) is 6.04 Å². The second-order valence-electron chi connectivity index (χ2n) is 5.25. The third-order valence-corrected chi connectivity index (χ3v) is 3.06. The molecule has 1 aromatic carbocycles. The first-order chi connectivity index (χ1) is 9.59. The lowest BCUT2D eigenvalue weighted by Gasteiger charge is -2.17. The van der Waals surface area contributed by atoms with E-state index in [0.717, 1.165) is 12.1 Å². The van der Waals surface area contributed by atoms with E-state index in [1.54, 1.807) is 0 Å². The monoisotopic (exact) mass is 323 g/mol. The van der Waals surface area contributed by atoms with E-state index in [9.17, 15) is 18.0 Å². The molecule has 0 aliphatic rings. The third kappa shape index (κ3) is 5.93. The molecule has 0 spiro atoms. The molecule has 3 nitrogen and oxygen atoms in total. The first kappa shape index (κ1) is 17.8. The third-order valence-electron chi connectivity index (χ3n) is 2.84. The molecule has 0 heterocycles. The predicted octanol–water partition coefficient (Wildman–Crippen LogP) is 3.95. The molecule has 0 aliphatic heterocycles. The van der Waals surface area contributed by atoms with Crippen LogP contribution in [-0.2, 0) is 17.5 Å².